The number of aryl methyl sites for hydroxylation is 1. The number of hydrogen-bond donors (Lipinski definition) is 0. The zero-order chi connectivity index (χ0) is 18.7. The second-order valence-electron chi connectivity index (χ2n) is 7.94. The molecule has 0 N–H and O–H groups in total. The normalized spacial score (nSPS) is 23.2. The maximum absolute atomic E-state index is 11.0. The fourth-order valence-corrected chi connectivity index (χ4v) is 5.38. The van der Waals surface area contributed by atoms with Crippen LogP contribution in [0.1, 0.15) is 51.5 Å². The third kappa shape index (κ3) is 4.40. The SMILES string of the molecule is Cc1cc([N+](=O)[O-])ccc1N=C1SCC(C2CCCCC2)N1CC(C)C. The van der Waals surface area contributed by atoms with E-state index in [2.05, 4.69) is 18.7 Å². The zero-order valence-electron chi connectivity index (χ0n) is 16.0. The lowest BCUT2D eigenvalue weighted by molar-refractivity contribution is -0.384. The molecule has 1 aliphatic carbocycles. The van der Waals surface area contributed by atoms with Gasteiger partial charge in [0, 0.05) is 30.5 Å². The summed E-state index contributed by atoms with van der Waals surface area (Å²) in [6.07, 6.45) is 6.77. The Kier molecular flexibility index (Phi) is 6.22. The van der Waals surface area contributed by atoms with Crippen LogP contribution in [0.2, 0.25) is 0 Å². The van der Waals surface area contributed by atoms with Crippen molar-refractivity contribution in [2.24, 2.45) is 16.8 Å². The molecule has 2 fully saturated rings. The number of amidine groups is 1. The molecular weight excluding hydrogens is 346 g/mol. The molecule has 0 spiro atoms. The van der Waals surface area contributed by atoms with Gasteiger partial charge in [-0.1, -0.05) is 44.9 Å². The van der Waals surface area contributed by atoms with Crippen LogP contribution in [-0.2, 0) is 0 Å². The predicted molar refractivity (Wildman–Crippen MR) is 109 cm³/mol. The molecule has 1 aromatic rings. The Morgan fingerprint density at radius 2 is 2.04 bits per heavy atom. The van der Waals surface area contributed by atoms with Gasteiger partial charge in [-0.05, 0) is 43.2 Å². The third-order valence-electron chi connectivity index (χ3n) is 5.39. The van der Waals surface area contributed by atoms with Crippen molar-refractivity contribution in [1.29, 1.82) is 0 Å². The van der Waals surface area contributed by atoms with Crippen LogP contribution < -0.4 is 0 Å². The van der Waals surface area contributed by atoms with E-state index in [1.165, 1.54) is 32.1 Å². The molecular formula is C20H29N3O2S. The Labute approximate surface area is 160 Å². The van der Waals surface area contributed by atoms with Crippen molar-refractivity contribution in [1.82, 2.24) is 4.90 Å². The van der Waals surface area contributed by atoms with Gasteiger partial charge in [-0.3, -0.25) is 10.1 Å². The molecule has 6 heteroatoms. The van der Waals surface area contributed by atoms with Crippen LogP contribution in [0.25, 0.3) is 0 Å². The zero-order valence-corrected chi connectivity index (χ0v) is 16.8. The van der Waals surface area contributed by atoms with Crippen LogP contribution in [-0.4, -0.2) is 33.3 Å². The molecule has 0 bridgehead atoms. The Hall–Kier alpha value is -1.56. The number of nitro groups is 1. The lowest BCUT2D eigenvalue weighted by Gasteiger charge is -2.35. The summed E-state index contributed by atoms with van der Waals surface area (Å²) in [5.74, 6) is 2.48. The van der Waals surface area contributed by atoms with E-state index in [0.29, 0.717) is 12.0 Å². The second-order valence-corrected chi connectivity index (χ2v) is 8.93. The molecule has 1 saturated heterocycles. The predicted octanol–water partition coefficient (Wildman–Crippen LogP) is 5.54. The summed E-state index contributed by atoms with van der Waals surface area (Å²) in [6.45, 7) is 7.45. The highest BCUT2D eigenvalue weighted by Crippen LogP contribution is 2.38. The van der Waals surface area contributed by atoms with Gasteiger partial charge in [0.05, 0.1) is 10.6 Å². The fraction of sp³-hybridized carbons (Fsp3) is 0.650. The van der Waals surface area contributed by atoms with E-state index >= 15 is 0 Å². The Morgan fingerprint density at radius 3 is 2.65 bits per heavy atom. The molecule has 0 amide bonds. The van der Waals surface area contributed by atoms with Crippen LogP contribution in [0.5, 0.6) is 0 Å². The van der Waals surface area contributed by atoms with Crippen molar-refractivity contribution in [2.75, 3.05) is 12.3 Å². The van der Waals surface area contributed by atoms with Crippen LogP contribution in [0.15, 0.2) is 23.2 Å². The van der Waals surface area contributed by atoms with Gasteiger partial charge in [-0.25, -0.2) is 4.99 Å². The molecule has 1 heterocycles. The van der Waals surface area contributed by atoms with Crippen LogP contribution in [0, 0.1) is 28.9 Å². The number of rotatable bonds is 5. The Bertz CT molecular complexity index is 684. The van der Waals surface area contributed by atoms with Gasteiger partial charge in [0.2, 0.25) is 0 Å². The lowest BCUT2D eigenvalue weighted by Crippen LogP contribution is -2.42. The summed E-state index contributed by atoms with van der Waals surface area (Å²) in [6, 6.07) is 5.53. The summed E-state index contributed by atoms with van der Waals surface area (Å²) >= 11 is 1.85. The minimum absolute atomic E-state index is 0.129. The second kappa shape index (κ2) is 8.42. The lowest BCUT2D eigenvalue weighted by atomic mass is 9.84. The van der Waals surface area contributed by atoms with Crippen molar-refractivity contribution < 1.29 is 4.92 Å². The van der Waals surface area contributed by atoms with Crippen LogP contribution in [0.4, 0.5) is 11.4 Å². The van der Waals surface area contributed by atoms with Crippen LogP contribution >= 0.6 is 11.8 Å². The largest absolute Gasteiger partial charge is 0.347 e. The van der Waals surface area contributed by atoms with Crippen LogP contribution in [0.3, 0.4) is 0 Å². The first kappa shape index (κ1) is 19.2. The molecule has 1 unspecified atom stereocenters. The van der Waals surface area contributed by atoms with Gasteiger partial charge < -0.3 is 4.90 Å². The summed E-state index contributed by atoms with van der Waals surface area (Å²) in [7, 11) is 0. The standard InChI is InChI=1S/C20H29N3O2S/c1-14(2)12-22-19(16-7-5-4-6-8-16)13-26-20(22)21-18-10-9-17(23(24)25)11-15(18)3/h9-11,14,16,19H,4-8,12-13H2,1-3H3. The van der Waals surface area contributed by atoms with Crippen molar-refractivity contribution in [3.8, 4) is 0 Å². The molecule has 0 aromatic heterocycles. The van der Waals surface area contributed by atoms with E-state index < -0.39 is 0 Å². The monoisotopic (exact) mass is 375 g/mol. The van der Waals surface area contributed by atoms with Crippen molar-refractivity contribution in [3.63, 3.8) is 0 Å². The van der Waals surface area contributed by atoms with E-state index in [1.54, 1.807) is 18.2 Å². The van der Waals surface area contributed by atoms with Crippen molar-refractivity contribution in [3.05, 3.63) is 33.9 Å². The first-order valence-corrected chi connectivity index (χ1v) is 10.7. The summed E-state index contributed by atoms with van der Waals surface area (Å²) in [5, 5.41) is 12.0. The average molecular weight is 376 g/mol. The van der Waals surface area contributed by atoms with Gasteiger partial charge in [0.15, 0.2) is 5.17 Å². The molecule has 1 atom stereocenters. The van der Waals surface area contributed by atoms with E-state index in [-0.39, 0.29) is 10.6 Å². The molecule has 5 nitrogen and oxygen atoms in total. The van der Waals surface area contributed by atoms with Gasteiger partial charge >= 0.3 is 0 Å². The maximum atomic E-state index is 11.0. The first-order valence-electron chi connectivity index (χ1n) is 9.69. The number of nitro benzene ring substituents is 1. The van der Waals surface area contributed by atoms with E-state index in [1.807, 2.05) is 18.7 Å². The van der Waals surface area contributed by atoms with Crippen molar-refractivity contribution in [2.45, 2.75) is 58.9 Å². The fourth-order valence-electron chi connectivity index (χ4n) is 4.07. The van der Waals surface area contributed by atoms with Gasteiger partial charge in [0.25, 0.3) is 5.69 Å². The van der Waals surface area contributed by atoms with Crippen molar-refractivity contribution >= 4 is 28.3 Å². The number of nitrogens with zero attached hydrogens (tertiary/aromatic N) is 3. The summed E-state index contributed by atoms with van der Waals surface area (Å²) in [4.78, 5) is 18.0. The van der Waals surface area contributed by atoms with E-state index in [9.17, 15) is 10.1 Å². The minimum Gasteiger partial charge on any atom is -0.347 e. The smallest absolute Gasteiger partial charge is 0.269 e. The molecule has 1 aliphatic heterocycles. The maximum Gasteiger partial charge on any atom is 0.269 e. The highest BCUT2D eigenvalue weighted by Gasteiger charge is 2.36. The topological polar surface area (TPSA) is 58.7 Å². The van der Waals surface area contributed by atoms with Gasteiger partial charge in [-0.15, -0.1) is 0 Å². The van der Waals surface area contributed by atoms with E-state index in [0.717, 1.165) is 34.6 Å². The number of non-ortho nitro benzene ring substituents is 1. The van der Waals surface area contributed by atoms with E-state index in [4.69, 9.17) is 4.99 Å². The molecule has 1 aromatic carbocycles. The third-order valence-corrected chi connectivity index (χ3v) is 6.48. The molecule has 2 aliphatic rings. The molecule has 26 heavy (non-hydrogen) atoms. The summed E-state index contributed by atoms with van der Waals surface area (Å²) < 4.78 is 0. The quantitative estimate of drug-likeness (QED) is 0.500. The number of hydrogen-bond acceptors (Lipinski definition) is 4. The minimum atomic E-state index is -0.349. The molecule has 1 saturated carbocycles. The molecule has 142 valence electrons. The Morgan fingerprint density at radius 1 is 1.31 bits per heavy atom. The molecule has 0 radical (unpaired) electrons. The molecule has 3 rings (SSSR count). The van der Waals surface area contributed by atoms with Gasteiger partial charge in [0.1, 0.15) is 0 Å². The summed E-state index contributed by atoms with van der Waals surface area (Å²) in [5.41, 5.74) is 1.83. The first-order chi connectivity index (χ1) is 12.5. The number of benzene rings is 1. The highest BCUT2D eigenvalue weighted by atomic mass is 32.2. The highest BCUT2D eigenvalue weighted by molar-refractivity contribution is 8.14. The average Bonchev–Trinajstić information content (AvgIpc) is 2.99. The number of aliphatic imine (C=N–C) groups is 1. The van der Waals surface area contributed by atoms with Gasteiger partial charge in [-0.2, -0.15) is 0 Å². The number of thioether (sulfide) groups is 1. The Balaban J connectivity index is 1.85.